The summed E-state index contributed by atoms with van der Waals surface area (Å²) in [7, 11) is 0. The van der Waals surface area contributed by atoms with Gasteiger partial charge in [-0.1, -0.05) is 11.6 Å². The molecule has 2 aromatic rings. The van der Waals surface area contributed by atoms with Crippen molar-refractivity contribution in [2.75, 3.05) is 0 Å². The van der Waals surface area contributed by atoms with Crippen LogP contribution in [0.4, 0.5) is 0 Å². The average molecular weight is 224 g/mol. The summed E-state index contributed by atoms with van der Waals surface area (Å²) in [5.41, 5.74) is 0.869. The van der Waals surface area contributed by atoms with Crippen LogP contribution < -0.4 is 0 Å². The first-order valence-electron chi connectivity index (χ1n) is 3.97. The molecule has 0 bridgehead atoms. The second-order valence-corrected chi connectivity index (χ2v) is 4.16. The van der Waals surface area contributed by atoms with Gasteiger partial charge < -0.3 is 0 Å². The van der Waals surface area contributed by atoms with Crippen molar-refractivity contribution in [2.45, 2.75) is 0 Å². The molecule has 0 aromatic carbocycles. The summed E-state index contributed by atoms with van der Waals surface area (Å²) in [6.07, 6.45) is 3.98. The summed E-state index contributed by atoms with van der Waals surface area (Å²) < 4.78 is 1.07. The number of nitrogens with zero attached hydrogens (tertiary/aromatic N) is 1. The molecule has 2 aromatic heterocycles. The predicted molar refractivity (Wildman–Crippen MR) is 59.7 cm³/mol. The Hall–Kier alpha value is -1.19. The van der Waals surface area contributed by atoms with E-state index in [9.17, 15) is 4.79 Å². The molecule has 14 heavy (non-hydrogen) atoms. The molecule has 4 heteroatoms. The predicted octanol–water partition coefficient (Wildman–Crippen LogP) is 3.16. The minimum Gasteiger partial charge on any atom is -0.299 e. The van der Waals surface area contributed by atoms with Crippen molar-refractivity contribution in [2.24, 2.45) is 0 Å². The van der Waals surface area contributed by atoms with Crippen LogP contribution in [0.3, 0.4) is 0 Å². The Balaban J connectivity index is 2.51. The lowest BCUT2D eigenvalue weighted by molar-refractivity contribution is -0.104. The normalized spacial score (nSPS) is 11.2. The van der Waals surface area contributed by atoms with Crippen LogP contribution in [-0.4, -0.2) is 11.3 Å². The highest BCUT2D eigenvalue weighted by molar-refractivity contribution is 7.19. The van der Waals surface area contributed by atoms with Gasteiger partial charge in [-0.15, -0.1) is 11.3 Å². The Morgan fingerprint density at radius 3 is 3.07 bits per heavy atom. The SMILES string of the molecule is O=C/C=C/c1cc2nc(Cl)ccc2s1. The van der Waals surface area contributed by atoms with Crippen LogP contribution in [0.2, 0.25) is 5.15 Å². The Morgan fingerprint density at radius 2 is 2.29 bits per heavy atom. The van der Waals surface area contributed by atoms with Gasteiger partial charge in [-0.2, -0.15) is 0 Å². The van der Waals surface area contributed by atoms with E-state index in [0.717, 1.165) is 21.4 Å². The Labute approximate surface area is 89.8 Å². The van der Waals surface area contributed by atoms with Crippen LogP contribution in [0.1, 0.15) is 4.88 Å². The number of fused-ring (bicyclic) bond motifs is 1. The van der Waals surface area contributed by atoms with E-state index in [-0.39, 0.29) is 0 Å². The maximum Gasteiger partial charge on any atom is 0.142 e. The van der Waals surface area contributed by atoms with Gasteiger partial charge in [-0.3, -0.25) is 4.79 Å². The first kappa shape index (κ1) is 9.37. The van der Waals surface area contributed by atoms with Crippen molar-refractivity contribution in [3.63, 3.8) is 0 Å². The standard InChI is InChI=1S/C10H6ClNOS/c11-10-4-3-9-8(12-10)6-7(14-9)2-1-5-13/h1-6H/b2-1+. The number of aldehydes is 1. The Kier molecular flexibility index (Phi) is 2.61. The van der Waals surface area contributed by atoms with E-state index in [0.29, 0.717) is 5.15 Å². The van der Waals surface area contributed by atoms with E-state index < -0.39 is 0 Å². The van der Waals surface area contributed by atoms with Gasteiger partial charge in [0.2, 0.25) is 0 Å². The third kappa shape index (κ3) is 1.84. The van der Waals surface area contributed by atoms with E-state index in [1.165, 1.54) is 6.08 Å². The second kappa shape index (κ2) is 3.90. The number of carbonyl (C=O) groups excluding carboxylic acids is 1. The van der Waals surface area contributed by atoms with Crippen LogP contribution in [-0.2, 0) is 4.79 Å². The molecule has 0 N–H and O–H groups in total. The summed E-state index contributed by atoms with van der Waals surface area (Å²) in [6, 6.07) is 5.59. The number of allylic oxidation sites excluding steroid dienone is 1. The number of pyridine rings is 1. The minimum atomic E-state index is 0.487. The summed E-state index contributed by atoms with van der Waals surface area (Å²) >= 11 is 7.33. The molecule has 0 spiro atoms. The van der Waals surface area contributed by atoms with E-state index in [1.807, 2.05) is 12.1 Å². The monoisotopic (exact) mass is 223 g/mol. The van der Waals surface area contributed by atoms with Crippen LogP contribution in [0, 0.1) is 0 Å². The van der Waals surface area contributed by atoms with E-state index >= 15 is 0 Å². The highest BCUT2D eigenvalue weighted by Gasteiger charge is 2.00. The van der Waals surface area contributed by atoms with Gasteiger partial charge in [0.25, 0.3) is 0 Å². The number of thiophene rings is 1. The van der Waals surface area contributed by atoms with Gasteiger partial charge >= 0.3 is 0 Å². The molecule has 0 unspecified atom stereocenters. The third-order valence-electron chi connectivity index (χ3n) is 1.70. The van der Waals surface area contributed by atoms with E-state index in [4.69, 9.17) is 11.6 Å². The van der Waals surface area contributed by atoms with Crippen molar-refractivity contribution in [3.05, 3.63) is 34.3 Å². The zero-order valence-corrected chi connectivity index (χ0v) is 8.68. The lowest BCUT2D eigenvalue weighted by Crippen LogP contribution is -1.71. The molecular weight excluding hydrogens is 218 g/mol. The van der Waals surface area contributed by atoms with Crippen molar-refractivity contribution in [1.29, 1.82) is 0 Å². The minimum absolute atomic E-state index is 0.487. The largest absolute Gasteiger partial charge is 0.299 e. The summed E-state index contributed by atoms with van der Waals surface area (Å²) in [5.74, 6) is 0. The van der Waals surface area contributed by atoms with Gasteiger partial charge in [-0.25, -0.2) is 4.98 Å². The zero-order valence-electron chi connectivity index (χ0n) is 7.11. The van der Waals surface area contributed by atoms with E-state index in [1.54, 1.807) is 23.5 Å². The highest BCUT2D eigenvalue weighted by Crippen LogP contribution is 2.26. The number of aromatic nitrogens is 1. The number of hydrogen-bond donors (Lipinski definition) is 0. The summed E-state index contributed by atoms with van der Waals surface area (Å²) in [4.78, 5) is 15.3. The molecule has 0 aliphatic carbocycles. The first-order valence-corrected chi connectivity index (χ1v) is 5.17. The molecule has 0 aliphatic rings. The van der Waals surface area contributed by atoms with Crippen molar-refractivity contribution in [3.8, 4) is 0 Å². The van der Waals surface area contributed by atoms with Gasteiger partial charge in [0.1, 0.15) is 11.4 Å². The third-order valence-corrected chi connectivity index (χ3v) is 2.96. The molecule has 70 valence electrons. The average Bonchev–Trinajstić information content (AvgIpc) is 2.56. The molecule has 0 radical (unpaired) electrons. The van der Waals surface area contributed by atoms with Crippen LogP contribution in [0.25, 0.3) is 16.3 Å². The maximum absolute atomic E-state index is 10.1. The van der Waals surface area contributed by atoms with Crippen molar-refractivity contribution >= 4 is 45.5 Å². The summed E-state index contributed by atoms with van der Waals surface area (Å²) in [6.45, 7) is 0. The van der Waals surface area contributed by atoms with Gasteiger partial charge in [0, 0.05) is 4.88 Å². The fraction of sp³-hybridized carbons (Fsp3) is 0. The lowest BCUT2D eigenvalue weighted by atomic mass is 10.3. The topological polar surface area (TPSA) is 30.0 Å². The zero-order chi connectivity index (χ0) is 9.97. The van der Waals surface area contributed by atoms with Crippen molar-refractivity contribution in [1.82, 2.24) is 4.98 Å². The van der Waals surface area contributed by atoms with Gasteiger partial charge in [-0.05, 0) is 30.4 Å². The number of carbonyl (C=O) groups is 1. The Morgan fingerprint density at radius 1 is 1.43 bits per heavy atom. The van der Waals surface area contributed by atoms with Gasteiger partial charge in [0.15, 0.2) is 0 Å². The highest BCUT2D eigenvalue weighted by atomic mass is 35.5. The molecule has 0 saturated heterocycles. The van der Waals surface area contributed by atoms with Crippen LogP contribution in [0.5, 0.6) is 0 Å². The molecule has 0 saturated carbocycles. The first-order chi connectivity index (χ1) is 6.79. The molecular formula is C10H6ClNOS. The van der Waals surface area contributed by atoms with E-state index in [2.05, 4.69) is 4.98 Å². The van der Waals surface area contributed by atoms with Crippen LogP contribution >= 0.6 is 22.9 Å². The maximum atomic E-state index is 10.1. The number of hydrogen-bond acceptors (Lipinski definition) is 3. The fourth-order valence-corrected chi connectivity index (χ4v) is 2.20. The summed E-state index contributed by atoms with van der Waals surface area (Å²) in [5, 5.41) is 0.487. The molecule has 0 fully saturated rings. The molecule has 0 amide bonds. The van der Waals surface area contributed by atoms with Crippen LogP contribution in [0.15, 0.2) is 24.3 Å². The quantitative estimate of drug-likeness (QED) is 0.445. The smallest absolute Gasteiger partial charge is 0.142 e. The second-order valence-electron chi connectivity index (χ2n) is 2.66. The molecule has 2 rings (SSSR count). The number of halogens is 1. The lowest BCUT2D eigenvalue weighted by Gasteiger charge is -1.87. The molecule has 0 aliphatic heterocycles. The molecule has 0 atom stereocenters. The Bertz CT molecular complexity index is 504. The fourth-order valence-electron chi connectivity index (χ4n) is 1.13. The number of rotatable bonds is 2. The molecule has 2 heterocycles. The molecule has 2 nitrogen and oxygen atoms in total. The van der Waals surface area contributed by atoms with Crippen molar-refractivity contribution < 1.29 is 4.79 Å². The van der Waals surface area contributed by atoms with Gasteiger partial charge in [0.05, 0.1) is 10.2 Å².